The number of ether oxygens (including phenoxy) is 1. The number of nitrogens with two attached hydrogens (primary N) is 1. The number of nitrogens with zero attached hydrogens (tertiary/aromatic N) is 3. The number of piperazine rings is 1. The molecule has 0 saturated carbocycles. The molecule has 1 atom stereocenters. The van der Waals surface area contributed by atoms with Crippen molar-refractivity contribution in [3.8, 4) is 0 Å². The Balaban J connectivity index is 2.04. The second-order valence-corrected chi connectivity index (χ2v) is 6.50. The van der Waals surface area contributed by atoms with Gasteiger partial charge in [0.15, 0.2) is 0 Å². The van der Waals surface area contributed by atoms with Gasteiger partial charge in [0.05, 0.1) is 7.11 Å². The molecule has 1 aliphatic heterocycles. The Morgan fingerprint density at radius 1 is 1.21 bits per heavy atom. The van der Waals surface area contributed by atoms with Crippen LogP contribution in [0.1, 0.15) is 5.56 Å². The zero-order valence-corrected chi connectivity index (χ0v) is 14.7. The number of benzene rings is 1. The number of carbonyl (C=O) groups is 1. The SMILES string of the molecule is COC(=O)C(N)Cc1c(N2CCN(C)CC2)n(C)c2ccccc12. The summed E-state index contributed by atoms with van der Waals surface area (Å²) in [6, 6.07) is 7.65. The summed E-state index contributed by atoms with van der Waals surface area (Å²) in [5, 5.41) is 1.16. The number of carbonyl (C=O) groups excluding carboxylic acids is 1. The number of aryl methyl sites for hydroxylation is 1. The maximum atomic E-state index is 11.8. The molecular formula is C18H26N4O2. The van der Waals surface area contributed by atoms with E-state index in [2.05, 4.69) is 40.6 Å². The van der Waals surface area contributed by atoms with Gasteiger partial charge < -0.3 is 24.8 Å². The average molecular weight is 330 g/mol. The minimum absolute atomic E-state index is 0.368. The fourth-order valence-electron chi connectivity index (χ4n) is 3.54. The summed E-state index contributed by atoms with van der Waals surface area (Å²) in [5.41, 5.74) is 8.37. The van der Waals surface area contributed by atoms with Gasteiger partial charge in [-0.2, -0.15) is 0 Å². The molecule has 0 bridgehead atoms. The third-order valence-corrected chi connectivity index (χ3v) is 4.91. The Kier molecular flexibility index (Phi) is 4.78. The first-order valence-corrected chi connectivity index (χ1v) is 8.36. The van der Waals surface area contributed by atoms with Crippen LogP contribution in [-0.4, -0.2) is 61.8 Å². The van der Waals surface area contributed by atoms with E-state index in [9.17, 15) is 4.79 Å². The lowest BCUT2D eigenvalue weighted by molar-refractivity contribution is -0.142. The zero-order valence-electron chi connectivity index (χ0n) is 14.7. The lowest BCUT2D eigenvalue weighted by Crippen LogP contribution is -2.45. The number of rotatable bonds is 4. The number of likely N-dealkylation sites (N-methyl/N-ethyl adjacent to an activating group) is 1. The van der Waals surface area contributed by atoms with E-state index < -0.39 is 6.04 Å². The monoisotopic (exact) mass is 330 g/mol. The molecule has 3 rings (SSSR count). The second-order valence-electron chi connectivity index (χ2n) is 6.50. The van der Waals surface area contributed by atoms with Gasteiger partial charge in [0, 0.05) is 56.1 Å². The van der Waals surface area contributed by atoms with Gasteiger partial charge in [0.1, 0.15) is 11.9 Å². The van der Waals surface area contributed by atoms with Crippen LogP contribution < -0.4 is 10.6 Å². The van der Waals surface area contributed by atoms with Crippen LogP contribution in [0.2, 0.25) is 0 Å². The Labute approximate surface area is 142 Å². The third-order valence-electron chi connectivity index (χ3n) is 4.91. The fourth-order valence-corrected chi connectivity index (χ4v) is 3.54. The summed E-state index contributed by atoms with van der Waals surface area (Å²) in [6.45, 7) is 4.01. The first-order valence-electron chi connectivity index (χ1n) is 8.36. The Hall–Kier alpha value is -2.05. The van der Waals surface area contributed by atoms with Gasteiger partial charge >= 0.3 is 5.97 Å². The van der Waals surface area contributed by atoms with E-state index in [1.54, 1.807) is 0 Å². The third kappa shape index (κ3) is 2.99. The molecule has 0 amide bonds. The van der Waals surface area contributed by atoms with E-state index in [-0.39, 0.29) is 5.97 Å². The molecule has 1 saturated heterocycles. The van der Waals surface area contributed by atoms with Crippen LogP contribution in [0.25, 0.3) is 10.9 Å². The molecule has 0 radical (unpaired) electrons. The van der Waals surface area contributed by atoms with E-state index in [1.807, 2.05) is 12.1 Å². The number of aromatic nitrogens is 1. The number of methoxy groups -OCH3 is 1. The number of esters is 1. The highest BCUT2D eigenvalue weighted by molar-refractivity contribution is 5.91. The van der Waals surface area contributed by atoms with Gasteiger partial charge in [-0.25, -0.2) is 0 Å². The minimum Gasteiger partial charge on any atom is -0.468 e. The van der Waals surface area contributed by atoms with Crippen molar-refractivity contribution in [2.45, 2.75) is 12.5 Å². The van der Waals surface area contributed by atoms with Crippen LogP contribution in [0.5, 0.6) is 0 Å². The van der Waals surface area contributed by atoms with Crippen molar-refractivity contribution in [3.63, 3.8) is 0 Å². The van der Waals surface area contributed by atoms with Gasteiger partial charge in [-0.05, 0) is 13.1 Å². The topological polar surface area (TPSA) is 63.7 Å². The number of hydrogen-bond acceptors (Lipinski definition) is 5. The number of para-hydroxylation sites is 1. The minimum atomic E-state index is -0.646. The average Bonchev–Trinajstić information content (AvgIpc) is 2.87. The standard InChI is InChI=1S/C18H26N4O2/c1-20-8-10-22(11-9-20)17-14(12-15(19)18(23)24-3)13-6-4-5-7-16(13)21(17)2/h4-7,15H,8-12,19H2,1-3H3. The van der Waals surface area contributed by atoms with Crippen LogP contribution >= 0.6 is 0 Å². The molecule has 2 aromatic rings. The Morgan fingerprint density at radius 2 is 1.88 bits per heavy atom. The summed E-state index contributed by atoms with van der Waals surface area (Å²) < 4.78 is 7.03. The van der Waals surface area contributed by atoms with Crippen molar-refractivity contribution < 1.29 is 9.53 Å². The van der Waals surface area contributed by atoms with E-state index in [0.29, 0.717) is 6.42 Å². The largest absolute Gasteiger partial charge is 0.468 e. The van der Waals surface area contributed by atoms with E-state index in [1.165, 1.54) is 18.4 Å². The molecule has 1 aromatic heterocycles. The van der Waals surface area contributed by atoms with Crippen molar-refractivity contribution in [2.24, 2.45) is 12.8 Å². The van der Waals surface area contributed by atoms with Crippen LogP contribution in [0.15, 0.2) is 24.3 Å². The predicted octanol–water partition coefficient (Wildman–Crippen LogP) is 0.973. The lowest BCUT2D eigenvalue weighted by atomic mass is 10.0. The molecule has 1 aliphatic rings. The molecular weight excluding hydrogens is 304 g/mol. The van der Waals surface area contributed by atoms with Crippen molar-refractivity contribution in [2.75, 3.05) is 45.2 Å². The molecule has 1 fully saturated rings. The first-order chi connectivity index (χ1) is 11.5. The number of fused-ring (bicyclic) bond motifs is 1. The first kappa shape index (κ1) is 16.8. The zero-order chi connectivity index (χ0) is 17.3. The molecule has 2 heterocycles. The number of hydrogen-bond donors (Lipinski definition) is 1. The molecule has 0 spiro atoms. The van der Waals surface area contributed by atoms with Crippen LogP contribution in [0.3, 0.4) is 0 Å². The number of anilines is 1. The fraction of sp³-hybridized carbons (Fsp3) is 0.500. The van der Waals surface area contributed by atoms with Crippen molar-refractivity contribution in [1.82, 2.24) is 9.47 Å². The van der Waals surface area contributed by atoms with Crippen LogP contribution in [0.4, 0.5) is 5.82 Å². The lowest BCUT2D eigenvalue weighted by Gasteiger charge is -2.35. The second kappa shape index (κ2) is 6.83. The smallest absolute Gasteiger partial charge is 0.322 e. The molecule has 1 aromatic carbocycles. The van der Waals surface area contributed by atoms with Gasteiger partial charge in [0.25, 0.3) is 0 Å². The summed E-state index contributed by atoms with van der Waals surface area (Å²) in [5.74, 6) is 0.802. The van der Waals surface area contributed by atoms with Crippen molar-refractivity contribution in [3.05, 3.63) is 29.8 Å². The maximum absolute atomic E-state index is 11.8. The molecule has 24 heavy (non-hydrogen) atoms. The highest BCUT2D eigenvalue weighted by Gasteiger charge is 2.26. The highest BCUT2D eigenvalue weighted by atomic mass is 16.5. The highest BCUT2D eigenvalue weighted by Crippen LogP contribution is 2.33. The quantitative estimate of drug-likeness (QED) is 0.847. The molecule has 6 heteroatoms. The van der Waals surface area contributed by atoms with E-state index in [4.69, 9.17) is 10.5 Å². The van der Waals surface area contributed by atoms with Gasteiger partial charge in [-0.15, -0.1) is 0 Å². The predicted molar refractivity (Wildman–Crippen MR) is 96.3 cm³/mol. The Morgan fingerprint density at radius 3 is 2.54 bits per heavy atom. The molecule has 2 N–H and O–H groups in total. The molecule has 1 unspecified atom stereocenters. The van der Waals surface area contributed by atoms with Gasteiger partial charge in [0.2, 0.25) is 0 Å². The van der Waals surface area contributed by atoms with E-state index in [0.717, 1.165) is 37.1 Å². The summed E-state index contributed by atoms with van der Waals surface area (Å²) in [6.07, 6.45) is 0.482. The molecule has 6 nitrogen and oxygen atoms in total. The molecule has 0 aliphatic carbocycles. The van der Waals surface area contributed by atoms with E-state index >= 15 is 0 Å². The summed E-state index contributed by atoms with van der Waals surface area (Å²) in [7, 11) is 5.61. The van der Waals surface area contributed by atoms with Gasteiger partial charge in [-0.3, -0.25) is 4.79 Å². The van der Waals surface area contributed by atoms with Crippen LogP contribution in [-0.2, 0) is 23.0 Å². The Bertz CT molecular complexity index is 732. The molecule has 130 valence electrons. The summed E-state index contributed by atoms with van der Waals surface area (Å²) >= 11 is 0. The summed E-state index contributed by atoms with van der Waals surface area (Å²) in [4.78, 5) is 16.5. The van der Waals surface area contributed by atoms with Gasteiger partial charge in [-0.1, -0.05) is 18.2 Å². The van der Waals surface area contributed by atoms with Crippen molar-refractivity contribution >= 4 is 22.7 Å². The van der Waals surface area contributed by atoms with Crippen molar-refractivity contribution in [1.29, 1.82) is 0 Å². The van der Waals surface area contributed by atoms with Crippen LogP contribution in [0, 0.1) is 0 Å². The maximum Gasteiger partial charge on any atom is 0.322 e. The normalized spacial score (nSPS) is 17.2.